The molecule has 0 aliphatic carbocycles. The number of nitrogens with zero attached hydrogens (tertiary/aromatic N) is 3. The first-order valence-electron chi connectivity index (χ1n) is 17.3. The summed E-state index contributed by atoms with van der Waals surface area (Å²) in [6, 6.07) is 64.1. The van der Waals surface area contributed by atoms with Gasteiger partial charge in [0, 0.05) is 27.9 Å². The van der Waals surface area contributed by atoms with E-state index >= 15 is 0 Å². The SMILES string of the molecule is Cc1cccc(-c2ccc(-c3cc(-c4nc(-c5ccccc5)cc(-c5ccccc5)n4)cc(-c4cc5ccccc5c5ccccc45)c3)cc2)n1. The number of pyridine rings is 1. The van der Waals surface area contributed by atoms with Crippen LogP contribution in [0.15, 0.2) is 182 Å². The summed E-state index contributed by atoms with van der Waals surface area (Å²) in [5, 5.41) is 4.91. The number of fused-ring (bicyclic) bond motifs is 3. The van der Waals surface area contributed by atoms with Gasteiger partial charge in [-0.15, -0.1) is 0 Å². The third kappa shape index (κ3) is 5.96. The molecule has 0 saturated carbocycles. The molecule has 0 unspecified atom stereocenters. The van der Waals surface area contributed by atoms with Gasteiger partial charge in [-0.05, 0) is 93.2 Å². The van der Waals surface area contributed by atoms with Crippen molar-refractivity contribution in [3.8, 4) is 67.4 Å². The number of benzene rings is 7. The topological polar surface area (TPSA) is 38.7 Å². The Kier molecular flexibility index (Phi) is 7.71. The van der Waals surface area contributed by atoms with Crippen molar-refractivity contribution in [1.29, 1.82) is 0 Å². The molecule has 0 fully saturated rings. The Balaban J connectivity index is 1.28. The second-order valence-corrected chi connectivity index (χ2v) is 12.9. The summed E-state index contributed by atoms with van der Waals surface area (Å²) < 4.78 is 0. The molecule has 3 nitrogen and oxygen atoms in total. The van der Waals surface area contributed by atoms with Gasteiger partial charge in [0.05, 0.1) is 17.1 Å². The Morgan fingerprint density at radius 1 is 0.314 bits per heavy atom. The molecule has 51 heavy (non-hydrogen) atoms. The first-order chi connectivity index (χ1) is 25.2. The van der Waals surface area contributed by atoms with Crippen LogP contribution in [-0.4, -0.2) is 15.0 Å². The van der Waals surface area contributed by atoms with E-state index in [0.29, 0.717) is 5.82 Å². The van der Waals surface area contributed by atoms with Gasteiger partial charge in [-0.1, -0.05) is 140 Å². The van der Waals surface area contributed by atoms with Crippen LogP contribution in [0.5, 0.6) is 0 Å². The van der Waals surface area contributed by atoms with Gasteiger partial charge in [0.2, 0.25) is 0 Å². The summed E-state index contributed by atoms with van der Waals surface area (Å²) in [5.74, 6) is 0.684. The van der Waals surface area contributed by atoms with E-state index in [1.54, 1.807) is 0 Å². The Morgan fingerprint density at radius 3 is 1.55 bits per heavy atom. The molecular weight excluding hydrogens is 619 g/mol. The van der Waals surface area contributed by atoms with Crippen molar-refractivity contribution in [3.63, 3.8) is 0 Å². The largest absolute Gasteiger partial charge is 0.253 e. The van der Waals surface area contributed by atoms with Gasteiger partial charge in [-0.25, -0.2) is 9.97 Å². The van der Waals surface area contributed by atoms with Crippen molar-refractivity contribution in [2.24, 2.45) is 0 Å². The molecule has 240 valence electrons. The van der Waals surface area contributed by atoms with E-state index in [4.69, 9.17) is 15.0 Å². The van der Waals surface area contributed by atoms with E-state index in [0.717, 1.165) is 61.7 Å². The van der Waals surface area contributed by atoms with E-state index in [1.807, 2.05) is 25.1 Å². The van der Waals surface area contributed by atoms with E-state index in [-0.39, 0.29) is 0 Å². The predicted octanol–water partition coefficient (Wildman–Crippen LogP) is 12.5. The molecule has 0 N–H and O–H groups in total. The van der Waals surface area contributed by atoms with Crippen LogP contribution in [-0.2, 0) is 0 Å². The third-order valence-electron chi connectivity index (χ3n) is 9.54. The lowest BCUT2D eigenvalue weighted by Crippen LogP contribution is -1.97. The third-order valence-corrected chi connectivity index (χ3v) is 9.54. The maximum absolute atomic E-state index is 5.22. The highest BCUT2D eigenvalue weighted by molar-refractivity contribution is 6.14. The molecule has 0 amide bonds. The van der Waals surface area contributed by atoms with Gasteiger partial charge in [-0.3, -0.25) is 4.98 Å². The minimum Gasteiger partial charge on any atom is -0.253 e. The lowest BCUT2D eigenvalue weighted by Gasteiger charge is -2.15. The molecule has 0 spiro atoms. The Labute approximate surface area is 297 Å². The maximum Gasteiger partial charge on any atom is 0.160 e. The van der Waals surface area contributed by atoms with Gasteiger partial charge in [0.1, 0.15) is 0 Å². The van der Waals surface area contributed by atoms with E-state index in [2.05, 4.69) is 164 Å². The fourth-order valence-electron chi connectivity index (χ4n) is 7.00. The van der Waals surface area contributed by atoms with Crippen LogP contribution in [0.2, 0.25) is 0 Å². The highest BCUT2D eigenvalue weighted by Gasteiger charge is 2.16. The van der Waals surface area contributed by atoms with Crippen molar-refractivity contribution in [2.45, 2.75) is 6.92 Å². The van der Waals surface area contributed by atoms with Crippen LogP contribution in [0.25, 0.3) is 89.0 Å². The Morgan fingerprint density at radius 2 is 0.863 bits per heavy atom. The highest BCUT2D eigenvalue weighted by Crippen LogP contribution is 2.39. The Hall–Kier alpha value is -6.71. The predicted molar refractivity (Wildman–Crippen MR) is 212 cm³/mol. The van der Waals surface area contributed by atoms with Crippen LogP contribution >= 0.6 is 0 Å². The monoisotopic (exact) mass is 651 g/mol. The fourth-order valence-corrected chi connectivity index (χ4v) is 7.00. The second-order valence-electron chi connectivity index (χ2n) is 12.9. The maximum atomic E-state index is 5.22. The average Bonchev–Trinajstić information content (AvgIpc) is 3.21. The minimum absolute atomic E-state index is 0.684. The lowest BCUT2D eigenvalue weighted by atomic mass is 9.90. The average molecular weight is 652 g/mol. The molecule has 9 rings (SSSR count). The van der Waals surface area contributed by atoms with Crippen molar-refractivity contribution >= 4 is 21.5 Å². The molecule has 9 aromatic rings. The van der Waals surface area contributed by atoms with E-state index in [1.165, 1.54) is 27.1 Å². The molecule has 7 aromatic carbocycles. The summed E-state index contributed by atoms with van der Waals surface area (Å²) in [5.41, 5.74) is 12.4. The van der Waals surface area contributed by atoms with E-state index in [9.17, 15) is 0 Å². The molecule has 2 heterocycles. The lowest BCUT2D eigenvalue weighted by molar-refractivity contribution is 1.18. The molecule has 0 radical (unpaired) electrons. The van der Waals surface area contributed by atoms with Crippen molar-refractivity contribution in [1.82, 2.24) is 15.0 Å². The summed E-state index contributed by atoms with van der Waals surface area (Å²) in [4.78, 5) is 15.2. The summed E-state index contributed by atoms with van der Waals surface area (Å²) >= 11 is 0. The molecule has 0 saturated heterocycles. The number of rotatable bonds is 6. The van der Waals surface area contributed by atoms with Gasteiger partial charge in [0.15, 0.2) is 5.82 Å². The zero-order valence-corrected chi connectivity index (χ0v) is 28.2. The van der Waals surface area contributed by atoms with Gasteiger partial charge in [0.25, 0.3) is 0 Å². The molecule has 0 bridgehead atoms. The van der Waals surface area contributed by atoms with Gasteiger partial charge < -0.3 is 0 Å². The van der Waals surface area contributed by atoms with Crippen LogP contribution in [0.3, 0.4) is 0 Å². The summed E-state index contributed by atoms with van der Waals surface area (Å²) in [6.07, 6.45) is 0. The molecular formula is C48H33N3. The van der Waals surface area contributed by atoms with Gasteiger partial charge in [-0.2, -0.15) is 0 Å². The number of hydrogen-bond acceptors (Lipinski definition) is 3. The van der Waals surface area contributed by atoms with Crippen molar-refractivity contribution < 1.29 is 0 Å². The molecule has 2 aromatic heterocycles. The highest BCUT2D eigenvalue weighted by atomic mass is 14.9. The molecule has 0 aliphatic rings. The summed E-state index contributed by atoms with van der Waals surface area (Å²) in [6.45, 7) is 2.03. The first-order valence-corrected chi connectivity index (χ1v) is 17.3. The van der Waals surface area contributed by atoms with Crippen LogP contribution in [0.1, 0.15) is 5.69 Å². The van der Waals surface area contributed by atoms with Crippen LogP contribution < -0.4 is 0 Å². The fraction of sp³-hybridized carbons (Fsp3) is 0.0208. The number of aromatic nitrogens is 3. The number of hydrogen-bond donors (Lipinski definition) is 0. The standard InChI is InChI=1S/C48H33N3/c1-32-13-12-22-45(49-32)36-25-23-33(24-26-36)38-27-39(44-30-37-18-8-9-19-41(37)42-20-10-11-21-43(42)44)29-40(28-38)48-50-46(34-14-4-2-5-15-34)31-47(51-48)35-16-6-3-7-17-35/h2-31H,1H3. The van der Waals surface area contributed by atoms with Crippen molar-refractivity contribution in [2.75, 3.05) is 0 Å². The van der Waals surface area contributed by atoms with E-state index < -0.39 is 0 Å². The summed E-state index contributed by atoms with van der Waals surface area (Å²) in [7, 11) is 0. The molecule has 3 heteroatoms. The van der Waals surface area contributed by atoms with Gasteiger partial charge >= 0.3 is 0 Å². The zero-order valence-electron chi connectivity index (χ0n) is 28.2. The number of aryl methyl sites for hydroxylation is 1. The van der Waals surface area contributed by atoms with Crippen LogP contribution in [0.4, 0.5) is 0 Å². The normalized spacial score (nSPS) is 11.2. The quantitative estimate of drug-likeness (QED) is 0.168. The molecule has 0 atom stereocenters. The minimum atomic E-state index is 0.684. The Bertz CT molecular complexity index is 2620. The van der Waals surface area contributed by atoms with Crippen molar-refractivity contribution in [3.05, 3.63) is 188 Å². The smallest absolute Gasteiger partial charge is 0.160 e. The molecule has 0 aliphatic heterocycles. The zero-order chi connectivity index (χ0) is 34.1. The first kappa shape index (κ1) is 30.4. The second kappa shape index (κ2) is 13.0. The van der Waals surface area contributed by atoms with Crippen LogP contribution in [0, 0.1) is 6.92 Å².